The third kappa shape index (κ3) is 1.27. The molecule has 1 atom stereocenters. The Kier molecular flexibility index (Phi) is 2.50. The number of likely N-dealkylation sites (N-methyl/N-ethyl adjacent to an activating group) is 1. The Balaban J connectivity index is 2.74. The summed E-state index contributed by atoms with van der Waals surface area (Å²) < 4.78 is 0. The summed E-state index contributed by atoms with van der Waals surface area (Å²) in [5.74, 6) is 0. The molecule has 2 N–H and O–H groups in total. The predicted molar refractivity (Wildman–Crippen MR) is 53.1 cm³/mol. The zero-order valence-electron chi connectivity index (χ0n) is 8.85. The van der Waals surface area contributed by atoms with Gasteiger partial charge in [0, 0.05) is 12.1 Å². The first-order chi connectivity index (χ1) is 5.50. The second-order valence-electron chi connectivity index (χ2n) is 4.55. The van der Waals surface area contributed by atoms with Crippen LogP contribution >= 0.6 is 0 Å². The third-order valence-electron chi connectivity index (χ3n) is 4.01. The fraction of sp³-hybridized carbons (Fsp3) is 1.00. The van der Waals surface area contributed by atoms with Gasteiger partial charge in [-0.25, -0.2) is 0 Å². The van der Waals surface area contributed by atoms with Gasteiger partial charge in [0.1, 0.15) is 0 Å². The third-order valence-corrected chi connectivity index (χ3v) is 4.01. The SMILES string of the molecule is CCN(C)C(C)(CN)C1(C)CC1. The van der Waals surface area contributed by atoms with Gasteiger partial charge in [-0.05, 0) is 38.8 Å². The zero-order chi connectivity index (χ0) is 9.41. The Morgan fingerprint density at radius 2 is 2.00 bits per heavy atom. The lowest BCUT2D eigenvalue weighted by Crippen LogP contribution is -2.55. The second kappa shape index (κ2) is 3.00. The van der Waals surface area contributed by atoms with Crippen LogP contribution in [0.4, 0.5) is 0 Å². The molecule has 72 valence electrons. The maximum absolute atomic E-state index is 5.87. The van der Waals surface area contributed by atoms with Crippen molar-refractivity contribution in [1.29, 1.82) is 0 Å². The van der Waals surface area contributed by atoms with E-state index in [1.807, 2.05) is 0 Å². The van der Waals surface area contributed by atoms with Gasteiger partial charge < -0.3 is 5.73 Å². The Bertz CT molecular complexity index is 163. The average Bonchev–Trinajstić information content (AvgIpc) is 2.82. The molecule has 0 bridgehead atoms. The number of rotatable bonds is 4. The van der Waals surface area contributed by atoms with Crippen molar-refractivity contribution in [2.75, 3.05) is 20.1 Å². The molecule has 2 heteroatoms. The minimum absolute atomic E-state index is 0.210. The zero-order valence-corrected chi connectivity index (χ0v) is 8.85. The average molecular weight is 170 g/mol. The quantitative estimate of drug-likeness (QED) is 0.692. The van der Waals surface area contributed by atoms with E-state index in [2.05, 4.69) is 32.7 Å². The highest BCUT2D eigenvalue weighted by Crippen LogP contribution is 2.55. The van der Waals surface area contributed by atoms with Crippen molar-refractivity contribution in [3.63, 3.8) is 0 Å². The van der Waals surface area contributed by atoms with Crippen LogP contribution in [0.5, 0.6) is 0 Å². The summed E-state index contributed by atoms with van der Waals surface area (Å²) in [6.07, 6.45) is 2.68. The predicted octanol–water partition coefficient (Wildman–Crippen LogP) is 1.46. The van der Waals surface area contributed by atoms with Gasteiger partial charge in [0.25, 0.3) is 0 Å². The molecule has 1 unspecified atom stereocenters. The maximum Gasteiger partial charge on any atom is 0.0353 e. The van der Waals surface area contributed by atoms with E-state index >= 15 is 0 Å². The van der Waals surface area contributed by atoms with Crippen LogP contribution in [0.1, 0.15) is 33.6 Å². The summed E-state index contributed by atoms with van der Waals surface area (Å²) in [4.78, 5) is 2.39. The molecule has 1 rings (SSSR count). The molecule has 0 amide bonds. The first kappa shape index (κ1) is 10.0. The van der Waals surface area contributed by atoms with Gasteiger partial charge in [-0.2, -0.15) is 0 Å². The first-order valence-corrected chi connectivity index (χ1v) is 4.91. The lowest BCUT2D eigenvalue weighted by atomic mass is 9.82. The van der Waals surface area contributed by atoms with E-state index in [0.29, 0.717) is 5.41 Å². The largest absolute Gasteiger partial charge is 0.329 e. The van der Waals surface area contributed by atoms with Crippen molar-refractivity contribution in [3.05, 3.63) is 0 Å². The van der Waals surface area contributed by atoms with Gasteiger partial charge in [0.15, 0.2) is 0 Å². The summed E-state index contributed by atoms with van der Waals surface area (Å²) in [5.41, 5.74) is 6.56. The summed E-state index contributed by atoms with van der Waals surface area (Å²) >= 11 is 0. The number of hydrogen-bond acceptors (Lipinski definition) is 2. The molecule has 0 aromatic carbocycles. The summed E-state index contributed by atoms with van der Waals surface area (Å²) in [6.45, 7) is 8.70. The van der Waals surface area contributed by atoms with E-state index in [1.165, 1.54) is 12.8 Å². The van der Waals surface area contributed by atoms with Crippen LogP contribution in [0.15, 0.2) is 0 Å². The van der Waals surface area contributed by atoms with Crippen molar-refractivity contribution in [3.8, 4) is 0 Å². The molecule has 1 aliphatic carbocycles. The van der Waals surface area contributed by atoms with E-state index in [1.54, 1.807) is 0 Å². The van der Waals surface area contributed by atoms with E-state index in [9.17, 15) is 0 Å². The minimum Gasteiger partial charge on any atom is -0.329 e. The Hall–Kier alpha value is -0.0800. The normalized spacial score (nSPS) is 25.5. The summed E-state index contributed by atoms with van der Waals surface area (Å²) in [7, 11) is 2.18. The molecule has 0 radical (unpaired) electrons. The topological polar surface area (TPSA) is 29.3 Å². The van der Waals surface area contributed by atoms with Crippen LogP contribution in [0.2, 0.25) is 0 Å². The number of nitrogens with zero attached hydrogens (tertiary/aromatic N) is 1. The second-order valence-corrected chi connectivity index (χ2v) is 4.55. The van der Waals surface area contributed by atoms with E-state index in [-0.39, 0.29) is 5.54 Å². The molecule has 0 aromatic rings. The Labute approximate surface area is 76.1 Å². The summed E-state index contributed by atoms with van der Waals surface area (Å²) in [6, 6.07) is 0. The highest BCUT2D eigenvalue weighted by atomic mass is 15.2. The van der Waals surface area contributed by atoms with Gasteiger partial charge >= 0.3 is 0 Å². The summed E-state index contributed by atoms with van der Waals surface area (Å²) in [5, 5.41) is 0. The molecule has 1 aliphatic rings. The van der Waals surface area contributed by atoms with Gasteiger partial charge in [-0.1, -0.05) is 13.8 Å². The van der Waals surface area contributed by atoms with Crippen LogP contribution in [-0.2, 0) is 0 Å². The van der Waals surface area contributed by atoms with Crippen molar-refractivity contribution >= 4 is 0 Å². The van der Waals surface area contributed by atoms with Crippen LogP contribution in [0.3, 0.4) is 0 Å². The van der Waals surface area contributed by atoms with Crippen molar-refractivity contribution in [2.24, 2.45) is 11.1 Å². The highest BCUT2D eigenvalue weighted by Gasteiger charge is 2.53. The minimum atomic E-state index is 0.210. The molecule has 0 heterocycles. The van der Waals surface area contributed by atoms with E-state index < -0.39 is 0 Å². The van der Waals surface area contributed by atoms with Crippen LogP contribution in [-0.4, -0.2) is 30.6 Å². The number of hydrogen-bond donors (Lipinski definition) is 1. The smallest absolute Gasteiger partial charge is 0.0353 e. The lowest BCUT2D eigenvalue weighted by molar-refractivity contribution is 0.0781. The van der Waals surface area contributed by atoms with Gasteiger partial charge in [-0.15, -0.1) is 0 Å². The maximum atomic E-state index is 5.87. The van der Waals surface area contributed by atoms with Gasteiger partial charge in [-0.3, -0.25) is 4.90 Å². The van der Waals surface area contributed by atoms with Crippen molar-refractivity contribution in [1.82, 2.24) is 4.90 Å². The molecule has 1 saturated carbocycles. The Morgan fingerprint density at radius 1 is 1.50 bits per heavy atom. The standard InChI is InChI=1S/C10H22N2/c1-5-12(4)10(3,8-11)9(2)6-7-9/h5-8,11H2,1-4H3. The fourth-order valence-corrected chi connectivity index (χ4v) is 1.94. The van der Waals surface area contributed by atoms with Crippen molar-refractivity contribution in [2.45, 2.75) is 39.2 Å². The van der Waals surface area contributed by atoms with E-state index in [0.717, 1.165) is 13.1 Å². The van der Waals surface area contributed by atoms with E-state index in [4.69, 9.17) is 5.73 Å². The van der Waals surface area contributed by atoms with Crippen molar-refractivity contribution < 1.29 is 0 Å². The molecule has 0 aliphatic heterocycles. The van der Waals surface area contributed by atoms with Crippen LogP contribution in [0.25, 0.3) is 0 Å². The molecular formula is C10H22N2. The molecule has 0 aromatic heterocycles. The Morgan fingerprint density at radius 3 is 2.25 bits per heavy atom. The monoisotopic (exact) mass is 170 g/mol. The van der Waals surface area contributed by atoms with Gasteiger partial charge in [0.2, 0.25) is 0 Å². The first-order valence-electron chi connectivity index (χ1n) is 4.91. The molecule has 0 saturated heterocycles. The molecule has 2 nitrogen and oxygen atoms in total. The van der Waals surface area contributed by atoms with Crippen LogP contribution in [0, 0.1) is 5.41 Å². The molecule has 12 heavy (non-hydrogen) atoms. The van der Waals surface area contributed by atoms with Crippen LogP contribution < -0.4 is 5.73 Å². The lowest BCUT2D eigenvalue weighted by Gasteiger charge is -2.43. The molecular weight excluding hydrogens is 148 g/mol. The van der Waals surface area contributed by atoms with Gasteiger partial charge in [0.05, 0.1) is 0 Å². The molecule has 1 fully saturated rings. The molecule has 0 spiro atoms. The highest BCUT2D eigenvalue weighted by molar-refractivity contribution is 5.08. The fourth-order valence-electron chi connectivity index (χ4n) is 1.94. The number of nitrogens with two attached hydrogens (primary N) is 1.